The van der Waals surface area contributed by atoms with Crippen molar-refractivity contribution in [3.63, 3.8) is 0 Å². The normalized spacial score (nSPS) is 11.0. The lowest BCUT2D eigenvalue weighted by atomic mass is 10.1. The molecule has 1 aromatic heterocycles. The van der Waals surface area contributed by atoms with Gasteiger partial charge in [-0.2, -0.15) is 0 Å². The van der Waals surface area contributed by atoms with Crippen molar-refractivity contribution in [3.05, 3.63) is 64.2 Å². The monoisotopic (exact) mass is 300 g/mol. The molecule has 106 valence electrons. The molecule has 0 aliphatic heterocycles. The van der Waals surface area contributed by atoms with Crippen molar-refractivity contribution in [2.45, 2.75) is 6.16 Å². The molecule has 0 amide bonds. The Kier molecular flexibility index (Phi) is 3.56. The van der Waals surface area contributed by atoms with Gasteiger partial charge in [-0.1, -0.05) is 30.3 Å². The topological polar surface area (TPSA) is 34.9 Å². The van der Waals surface area contributed by atoms with Crippen molar-refractivity contribution in [2.24, 2.45) is 7.05 Å². The van der Waals surface area contributed by atoms with Crippen LogP contribution >= 0.6 is 9.24 Å². The number of aromatic nitrogens is 2. The molecule has 1 unspecified atom stereocenters. The van der Waals surface area contributed by atoms with Crippen LogP contribution in [0.1, 0.15) is 5.56 Å². The maximum atomic E-state index is 13.8. The summed E-state index contributed by atoms with van der Waals surface area (Å²) in [6, 6.07) is 12.3. The molecule has 0 fully saturated rings. The highest BCUT2D eigenvalue weighted by molar-refractivity contribution is 7.15. The lowest BCUT2D eigenvalue weighted by molar-refractivity contribution is 0.636. The Labute approximate surface area is 123 Å². The minimum Gasteiger partial charge on any atom is -0.295 e. The van der Waals surface area contributed by atoms with Gasteiger partial charge in [0.25, 0.3) is 5.56 Å². The third kappa shape index (κ3) is 2.36. The van der Waals surface area contributed by atoms with E-state index in [0.29, 0.717) is 11.3 Å². The van der Waals surface area contributed by atoms with E-state index in [9.17, 15) is 9.18 Å². The lowest BCUT2D eigenvalue weighted by Gasteiger charge is -2.10. The predicted octanol–water partition coefficient (Wildman–Crippen LogP) is 3.11. The van der Waals surface area contributed by atoms with Gasteiger partial charge in [-0.3, -0.25) is 9.36 Å². The molecule has 0 N–H and O–H groups in total. The molecule has 1 heterocycles. The van der Waals surface area contributed by atoms with Crippen LogP contribution in [0.2, 0.25) is 0 Å². The maximum Gasteiger partial charge on any atom is 0.264 e. The van der Waals surface area contributed by atoms with Gasteiger partial charge in [-0.25, -0.2) is 9.37 Å². The molecule has 21 heavy (non-hydrogen) atoms. The minimum atomic E-state index is -0.537. The number of hydrogen-bond donors (Lipinski definition) is 0. The van der Waals surface area contributed by atoms with Gasteiger partial charge in [0.15, 0.2) is 0 Å². The van der Waals surface area contributed by atoms with Gasteiger partial charge in [-0.05, 0) is 23.9 Å². The molecule has 1 atom stereocenters. The van der Waals surface area contributed by atoms with E-state index in [1.807, 2.05) is 24.3 Å². The van der Waals surface area contributed by atoms with Crippen LogP contribution in [0, 0.1) is 5.82 Å². The van der Waals surface area contributed by atoms with Crippen LogP contribution in [0.4, 0.5) is 4.39 Å². The molecule has 3 aromatic rings. The van der Waals surface area contributed by atoms with Gasteiger partial charge < -0.3 is 0 Å². The zero-order valence-electron chi connectivity index (χ0n) is 11.5. The molecule has 2 aromatic carbocycles. The summed E-state index contributed by atoms with van der Waals surface area (Å²) in [7, 11) is 4.28. The summed E-state index contributed by atoms with van der Waals surface area (Å²) in [5.41, 5.74) is 2.02. The van der Waals surface area contributed by atoms with Gasteiger partial charge in [0.2, 0.25) is 0 Å². The number of nitrogens with zero attached hydrogens (tertiary/aromatic N) is 2. The number of rotatable bonds is 2. The summed E-state index contributed by atoms with van der Waals surface area (Å²) in [5, 5.41) is 0.0327. The fourth-order valence-corrected chi connectivity index (χ4v) is 2.59. The molecular weight excluding hydrogens is 286 g/mol. The number of hydrogen-bond acceptors (Lipinski definition) is 2. The second kappa shape index (κ2) is 5.38. The minimum absolute atomic E-state index is 0.0327. The van der Waals surface area contributed by atoms with Crippen LogP contribution in [-0.4, -0.2) is 9.55 Å². The quantitative estimate of drug-likeness (QED) is 0.682. The summed E-state index contributed by atoms with van der Waals surface area (Å²) in [4.78, 5) is 16.8. The largest absolute Gasteiger partial charge is 0.295 e. The summed E-state index contributed by atoms with van der Waals surface area (Å²) < 4.78 is 15.2. The molecule has 3 rings (SSSR count). The summed E-state index contributed by atoms with van der Waals surface area (Å²) in [5.74, 6) is -0.00101. The van der Waals surface area contributed by atoms with E-state index in [2.05, 4.69) is 14.2 Å². The Bertz CT molecular complexity index is 872. The molecule has 0 aliphatic rings. The van der Waals surface area contributed by atoms with Crippen LogP contribution < -0.4 is 5.56 Å². The molecule has 0 saturated heterocycles. The van der Waals surface area contributed by atoms with E-state index < -0.39 is 5.82 Å². The molecule has 0 radical (unpaired) electrons. The Morgan fingerprint density at radius 2 is 1.90 bits per heavy atom. The molecular formula is C16H14FN2OP. The van der Waals surface area contributed by atoms with Crippen LogP contribution in [0.25, 0.3) is 22.3 Å². The predicted molar refractivity (Wildman–Crippen MR) is 85.8 cm³/mol. The van der Waals surface area contributed by atoms with Gasteiger partial charge in [-0.15, -0.1) is 9.24 Å². The molecule has 0 bridgehead atoms. The first kappa shape index (κ1) is 13.9. The highest BCUT2D eigenvalue weighted by Gasteiger charge is 2.12. The first-order chi connectivity index (χ1) is 10.1. The van der Waals surface area contributed by atoms with Gasteiger partial charge in [0, 0.05) is 12.6 Å². The SMILES string of the molecule is Cn1c(-c2ccc(CP)cc2)nc2cccc(F)c2c1=O. The number of benzene rings is 2. The molecule has 5 heteroatoms. The van der Waals surface area contributed by atoms with Gasteiger partial charge >= 0.3 is 0 Å². The van der Waals surface area contributed by atoms with Gasteiger partial charge in [0.05, 0.1) is 5.52 Å². The van der Waals surface area contributed by atoms with E-state index in [4.69, 9.17) is 0 Å². The average molecular weight is 300 g/mol. The Hall–Kier alpha value is -2.06. The second-order valence-electron chi connectivity index (χ2n) is 4.83. The summed E-state index contributed by atoms with van der Waals surface area (Å²) >= 11 is 0. The van der Waals surface area contributed by atoms with Crippen molar-refractivity contribution < 1.29 is 4.39 Å². The Morgan fingerprint density at radius 3 is 2.57 bits per heavy atom. The zero-order valence-corrected chi connectivity index (χ0v) is 12.7. The van der Waals surface area contributed by atoms with E-state index in [1.165, 1.54) is 16.2 Å². The fraction of sp³-hybridized carbons (Fsp3) is 0.125. The van der Waals surface area contributed by atoms with E-state index >= 15 is 0 Å². The Morgan fingerprint density at radius 1 is 1.19 bits per heavy atom. The summed E-state index contributed by atoms with van der Waals surface area (Å²) in [6.07, 6.45) is 0.871. The average Bonchev–Trinajstić information content (AvgIpc) is 2.51. The van der Waals surface area contributed by atoms with E-state index in [0.717, 1.165) is 11.7 Å². The van der Waals surface area contributed by atoms with Crippen molar-refractivity contribution >= 4 is 20.1 Å². The van der Waals surface area contributed by atoms with Crippen LogP contribution in [0.3, 0.4) is 0 Å². The van der Waals surface area contributed by atoms with E-state index in [1.54, 1.807) is 19.2 Å². The Balaban J connectivity index is 2.28. The van der Waals surface area contributed by atoms with Crippen molar-refractivity contribution in [1.82, 2.24) is 9.55 Å². The smallest absolute Gasteiger partial charge is 0.264 e. The lowest BCUT2D eigenvalue weighted by Crippen LogP contribution is -2.21. The van der Waals surface area contributed by atoms with Crippen LogP contribution in [0.5, 0.6) is 0 Å². The van der Waals surface area contributed by atoms with Gasteiger partial charge in [0.1, 0.15) is 17.0 Å². The molecule has 0 spiro atoms. The first-order valence-electron chi connectivity index (χ1n) is 6.56. The van der Waals surface area contributed by atoms with Crippen molar-refractivity contribution in [1.29, 1.82) is 0 Å². The maximum absolute atomic E-state index is 13.8. The number of fused-ring (bicyclic) bond motifs is 1. The third-order valence-corrected chi connectivity index (χ3v) is 3.97. The third-order valence-electron chi connectivity index (χ3n) is 3.50. The fourth-order valence-electron chi connectivity index (χ4n) is 2.32. The van der Waals surface area contributed by atoms with Crippen molar-refractivity contribution in [3.8, 4) is 11.4 Å². The second-order valence-corrected chi connectivity index (χ2v) is 5.24. The van der Waals surface area contributed by atoms with Crippen LogP contribution in [0.15, 0.2) is 47.3 Å². The van der Waals surface area contributed by atoms with Crippen molar-refractivity contribution in [2.75, 3.05) is 0 Å². The number of halogens is 1. The standard InChI is InChI=1S/C16H14FN2OP/c1-19-15(11-7-5-10(9-21)6-8-11)18-13-4-2-3-12(17)14(13)16(19)20/h2-8H,9,21H2,1H3. The van der Waals surface area contributed by atoms with E-state index in [-0.39, 0.29) is 10.9 Å². The molecule has 3 nitrogen and oxygen atoms in total. The highest BCUT2D eigenvalue weighted by atomic mass is 31.0. The molecule has 0 aliphatic carbocycles. The first-order valence-corrected chi connectivity index (χ1v) is 7.38. The summed E-state index contributed by atoms with van der Waals surface area (Å²) in [6.45, 7) is 0. The van der Waals surface area contributed by atoms with Crippen LogP contribution in [-0.2, 0) is 13.2 Å². The zero-order chi connectivity index (χ0) is 15.0. The molecule has 0 saturated carbocycles. The highest BCUT2D eigenvalue weighted by Crippen LogP contribution is 2.20.